The van der Waals surface area contributed by atoms with E-state index >= 15 is 0 Å². The molecule has 21 heavy (non-hydrogen) atoms. The van der Waals surface area contributed by atoms with E-state index in [-0.39, 0.29) is 17.7 Å². The third kappa shape index (κ3) is 2.38. The highest BCUT2D eigenvalue weighted by Gasteiger charge is 2.34. The van der Waals surface area contributed by atoms with Crippen molar-refractivity contribution < 1.29 is 14.0 Å². The minimum atomic E-state index is -0.461. The lowest BCUT2D eigenvalue weighted by atomic mass is 10.1. The van der Waals surface area contributed by atoms with Crippen molar-refractivity contribution in [3.05, 3.63) is 59.4 Å². The maximum atomic E-state index is 13.7. The summed E-state index contributed by atoms with van der Waals surface area (Å²) in [7, 11) is 0. The first kappa shape index (κ1) is 13.6. The molecule has 3 rings (SSSR count). The fourth-order valence-electron chi connectivity index (χ4n) is 2.12. The minimum absolute atomic E-state index is 0.0627. The Labute approximate surface area is 124 Å². The molecule has 0 fully saturated rings. The highest BCUT2D eigenvalue weighted by molar-refractivity contribution is 7.99. The molecule has 2 aromatic rings. The van der Waals surface area contributed by atoms with Crippen LogP contribution in [-0.2, 0) is 0 Å². The summed E-state index contributed by atoms with van der Waals surface area (Å²) in [6.45, 7) is 0. The molecule has 6 heteroatoms. The normalized spacial score (nSPS) is 13.7. The van der Waals surface area contributed by atoms with Gasteiger partial charge in [0.25, 0.3) is 11.8 Å². The molecule has 0 aromatic heterocycles. The van der Waals surface area contributed by atoms with Crippen LogP contribution >= 0.6 is 11.8 Å². The molecule has 106 valence electrons. The minimum Gasteiger partial charge on any atom is -0.399 e. The first-order chi connectivity index (χ1) is 10.1. The Hall–Kier alpha value is -2.34. The third-order valence-corrected chi connectivity index (χ3v) is 4.21. The van der Waals surface area contributed by atoms with Crippen LogP contribution in [-0.4, -0.2) is 22.6 Å². The standard InChI is InChI=1S/C15H11FN2O2S/c16-12-7-9(17)5-6-13(12)21-8-18-14(19)10-3-1-2-4-11(10)15(18)20/h1-7H,8,17H2. The molecule has 0 atom stereocenters. The Morgan fingerprint density at radius 2 is 1.67 bits per heavy atom. The zero-order chi connectivity index (χ0) is 15.0. The maximum Gasteiger partial charge on any atom is 0.262 e. The van der Waals surface area contributed by atoms with E-state index in [2.05, 4.69) is 0 Å². The average Bonchev–Trinajstić information content (AvgIpc) is 2.71. The lowest BCUT2D eigenvalue weighted by molar-refractivity contribution is 0.0684. The van der Waals surface area contributed by atoms with Crippen LogP contribution in [0.4, 0.5) is 10.1 Å². The molecular weight excluding hydrogens is 291 g/mol. The summed E-state index contributed by atoms with van der Waals surface area (Å²) in [6.07, 6.45) is 0. The predicted octanol–water partition coefficient (Wildman–Crippen LogP) is 2.75. The van der Waals surface area contributed by atoms with Gasteiger partial charge in [-0.05, 0) is 30.3 Å². The largest absolute Gasteiger partial charge is 0.399 e. The van der Waals surface area contributed by atoms with E-state index < -0.39 is 5.82 Å². The second kappa shape index (κ2) is 5.21. The number of carbonyl (C=O) groups is 2. The molecule has 1 aliphatic rings. The van der Waals surface area contributed by atoms with Crippen molar-refractivity contribution in [3.8, 4) is 0 Å². The molecule has 2 aromatic carbocycles. The molecule has 4 nitrogen and oxygen atoms in total. The van der Waals surface area contributed by atoms with Gasteiger partial charge in [-0.2, -0.15) is 0 Å². The number of nitrogen functional groups attached to an aromatic ring is 1. The third-order valence-electron chi connectivity index (χ3n) is 3.18. The number of fused-ring (bicyclic) bond motifs is 1. The van der Waals surface area contributed by atoms with Gasteiger partial charge in [0.1, 0.15) is 5.82 Å². The molecule has 1 aliphatic heterocycles. The smallest absolute Gasteiger partial charge is 0.262 e. The number of thioether (sulfide) groups is 1. The number of carbonyl (C=O) groups excluding carboxylic acids is 2. The summed E-state index contributed by atoms with van der Waals surface area (Å²) >= 11 is 1.08. The molecule has 2 amide bonds. The molecule has 0 spiro atoms. The Morgan fingerprint density at radius 3 is 2.24 bits per heavy atom. The van der Waals surface area contributed by atoms with Gasteiger partial charge in [0.15, 0.2) is 0 Å². The Morgan fingerprint density at radius 1 is 1.05 bits per heavy atom. The molecule has 0 unspecified atom stereocenters. The van der Waals surface area contributed by atoms with Gasteiger partial charge in [0.2, 0.25) is 0 Å². The summed E-state index contributed by atoms with van der Waals surface area (Å²) in [4.78, 5) is 25.8. The zero-order valence-electron chi connectivity index (χ0n) is 10.9. The number of hydrogen-bond donors (Lipinski definition) is 1. The number of amides is 2. The van der Waals surface area contributed by atoms with Crippen molar-refractivity contribution >= 4 is 29.3 Å². The van der Waals surface area contributed by atoms with Crippen LogP contribution < -0.4 is 5.73 Å². The van der Waals surface area contributed by atoms with Gasteiger partial charge < -0.3 is 5.73 Å². The maximum absolute atomic E-state index is 13.7. The van der Waals surface area contributed by atoms with E-state index in [9.17, 15) is 14.0 Å². The van der Waals surface area contributed by atoms with Crippen LogP contribution in [0.15, 0.2) is 47.4 Å². The van der Waals surface area contributed by atoms with Crippen molar-refractivity contribution in [2.75, 3.05) is 11.6 Å². The molecular formula is C15H11FN2O2S. The SMILES string of the molecule is Nc1ccc(SCN2C(=O)c3ccccc3C2=O)c(F)c1. The summed E-state index contributed by atoms with van der Waals surface area (Å²) in [6, 6.07) is 11.0. The second-order valence-electron chi connectivity index (χ2n) is 4.55. The van der Waals surface area contributed by atoms with Crippen LogP contribution in [0.1, 0.15) is 20.7 Å². The molecule has 0 saturated carbocycles. The highest BCUT2D eigenvalue weighted by atomic mass is 32.2. The molecule has 0 bridgehead atoms. The Balaban J connectivity index is 1.78. The molecule has 0 saturated heterocycles. The summed E-state index contributed by atoms with van der Waals surface area (Å²) < 4.78 is 13.7. The number of halogens is 1. The van der Waals surface area contributed by atoms with Gasteiger partial charge in [0.05, 0.1) is 17.0 Å². The first-order valence-electron chi connectivity index (χ1n) is 6.21. The number of hydrogen-bond acceptors (Lipinski definition) is 4. The molecule has 0 aliphatic carbocycles. The number of nitrogens with zero attached hydrogens (tertiary/aromatic N) is 1. The first-order valence-corrected chi connectivity index (χ1v) is 7.19. The zero-order valence-corrected chi connectivity index (χ0v) is 11.7. The summed E-state index contributed by atoms with van der Waals surface area (Å²) in [5.41, 5.74) is 6.59. The number of rotatable bonds is 3. The second-order valence-corrected chi connectivity index (χ2v) is 5.53. The fraction of sp³-hybridized carbons (Fsp3) is 0.0667. The highest BCUT2D eigenvalue weighted by Crippen LogP contribution is 2.28. The summed E-state index contributed by atoms with van der Waals surface area (Å²) in [5.74, 6) is -1.10. The van der Waals surface area contributed by atoms with Crippen molar-refractivity contribution in [2.24, 2.45) is 0 Å². The van der Waals surface area contributed by atoms with Gasteiger partial charge in [0, 0.05) is 10.6 Å². The fourth-order valence-corrected chi connectivity index (χ4v) is 2.99. The van der Waals surface area contributed by atoms with E-state index in [0.717, 1.165) is 16.7 Å². The number of benzene rings is 2. The predicted molar refractivity (Wildman–Crippen MR) is 78.5 cm³/mol. The lowest BCUT2D eigenvalue weighted by Gasteiger charge is -2.13. The van der Waals surface area contributed by atoms with E-state index in [0.29, 0.717) is 21.7 Å². The topological polar surface area (TPSA) is 63.4 Å². The van der Waals surface area contributed by atoms with Crippen molar-refractivity contribution in [1.82, 2.24) is 4.90 Å². The Kier molecular flexibility index (Phi) is 3.39. The van der Waals surface area contributed by atoms with E-state index in [1.165, 1.54) is 12.1 Å². The van der Waals surface area contributed by atoms with Gasteiger partial charge in [-0.25, -0.2) is 4.39 Å². The van der Waals surface area contributed by atoms with Crippen LogP contribution in [0, 0.1) is 5.82 Å². The molecule has 1 heterocycles. The molecule has 2 N–H and O–H groups in total. The van der Waals surface area contributed by atoms with E-state index in [1.807, 2.05) is 0 Å². The van der Waals surface area contributed by atoms with Crippen molar-refractivity contribution in [1.29, 1.82) is 0 Å². The monoisotopic (exact) mass is 302 g/mol. The quantitative estimate of drug-likeness (QED) is 0.538. The number of imide groups is 1. The van der Waals surface area contributed by atoms with Crippen molar-refractivity contribution in [2.45, 2.75) is 4.90 Å². The van der Waals surface area contributed by atoms with Crippen LogP contribution in [0.3, 0.4) is 0 Å². The van der Waals surface area contributed by atoms with Crippen molar-refractivity contribution in [3.63, 3.8) is 0 Å². The van der Waals surface area contributed by atoms with Crippen LogP contribution in [0.25, 0.3) is 0 Å². The van der Waals surface area contributed by atoms with Crippen LogP contribution in [0.5, 0.6) is 0 Å². The van der Waals surface area contributed by atoms with Gasteiger partial charge in [-0.1, -0.05) is 12.1 Å². The molecule has 0 radical (unpaired) electrons. The van der Waals surface area contributed by atoms with E-state index in [1.54, 1.807) is 30.3 Å². The Bertz CT molecular complexity index is 713. The van der Waals surface area contributed by atoms with Gasteiger partial charge in [-0.3, -0.25) is 14.5 Å². The van der Waals surface area contributed by atoms with Crippen LogP contribution in [0.2, 0.25) is 0 Å². The van der Waals surface area contributed by atoms with Gasteiger partial charge >= 0.3 is 0 Å². The lowest BCUT2D eigenvalue weighted by Crippen LogP contribution is -2.29. The number of anilines is 1. The van der Waals surface area contributed by atoms with E-state index in [4.69, 9.17) is 5.73 Å². The van der Waals surface area contributed by atoms with Gasteiger partial charge in [-0.15, -0.1) is 11.8 Å². The number of nitrogens with two attached hydrogens (primary N) is 1. The summed E-state index contributed by atoms with van der Waals surface area (Å²) in [5, 5.41) is 0. The average molecular weight is 302 g/mol.